The minimum absolute atomic E-state index is 0.138. The lowest BCUT2D eigenvalue weighted by Crippen LogP contribution is -2.21. The lowest BCUT2D eigenvalue weighted by Gasteiger charge is -2.09. The van der Waals surface area contributed by atoms with E-state index in [0.29, 0.717) is 30.3 Å². The lowest BCUT2D eigenvalue weighted by molar-refractivity contribution is -0.192. The number of nitrogens with two attached hydrogens (primary N) is 1. The average molecular weight is 571 g/mol. The summed E-state index contributed by atoms with van der Waals surface area (Å²) in [6.07, 6.45) is -3.29. The van der Waals surface area contributed by atoms with Gasteiger partial charge < -0.3 is 10.8 Å². The van der Waals surface area contributed by atoms with Crippen molar-refractivity contribution < 1.29 is 31.5 Å². The Bertz CT molecular complexity index is 1340. The number of amidine groups is 1. The summed E-state index contributed by atoms with van der Waals surface area (Å²) in [6.45, 7) is 0. The summed E-state index contributed by atoms with van der Waals surface area (Å²) in [5.41, 5.74) is 6.83. The molecule has 0 atom stereocenters. The van der Waals surface area contributed by atoms with Crippen LogP contribution in [0.25, 0.3) is 11.1 Å². The molecule has 3 aromatic rings. The van der Waals surface area contributed by atoms with Crippen molar-refractivity contribution in [1.29, 1.82) is 5.41 Å². The first kappa shape index (κ1) is 28.0. The molecule has 4 N–H and O–H groups in total. The molecule has 0 spiro atoms. The van der Waals surface area contributed by atoms with Gasteiger partial charge in [0, 0.05) is 15.6 Å². The SMILES string of the molecule is CSc1sc(C(=N)N)cc1S(=O)(=O)c1cccc(-c2cc(Cl)ccc2Cl)c1.O=C(O)C(F)(F)F. The Morgan fingerprint density at radius 1 is 1.15 bits per heavy atom. The third kappa shape index (κ3) is 6.66. The van der Waals surface area contributed by atoms with Crippen LogP contribution in [0.4, 0.5) is 13.2 Å². The van der Waals surface area contributed by atoms with Crippen LogP contribution in [0.1, 0.15) is 4.88 Å². The first-order valence-corrected chi connectivity index (χ1v) is 13.1. The summed E-state index contributed by atoms with van der Waals surface area (Å²) in [6, 6.07) is 13.0. The minimum Gasteiger partial charge on any atom is -0.475 e. The first-order chi connectivity index (χ1) is 15.7. The van der Waals surface area contributed by atoms with Crippen LogP contribution in [0.5, 0.6) is 0 Å². The van der Waals surface area contributed by atoms with Crippen molar-refractivity contribution in [3.05, 3.63) is 63.5 Å². The maximum Gasteiger partial charge on any atom is 0.490 e. The van der Waals surface area contributed by atoms with Gasteiger partial charge in [0.05, 0.1) is 18.9 Å². The molecule has 0 bridgehead atoms. The van der Waals surface area contributed by atoms with Crippen LogP contribution >= 0.6 is 46.3 Å². The second-order valence-corrected chi connectivity index (χ2v) is 11.2. The molecule has 0 aliphatic carbocycles. The van der Waals surface area contributed by atoms with Gasteiger partial charge in [0.25, 0.3) is 0 Å². The van der Waals surface area contributed by atoms with Gasteiger partial charge in [-0.2, -0.15) is 13.2 Å². The molecule has 0 saturated carbocycles. The molecule has 182 valence electrons. The zero-order valence-electron chi connectivity index (χ0n) is 17.0. The molecular formula is C20H15Cl2F3N2O4S3. The maximum absolute atomic E-state index is 13.2. The second kappa shape index (κ2) is 11.0. The number of carboxylic acid groups (broad SMARTS) is 1. The number of hydrogen-bond donors (Lipinski definition) is 3. The third-order valence-electron chi connectivity index (χ3n) is 4.03. The second-order valence-electron chi connectivity index (χ2n) is 6.34. The number of carboxylic acids is 1. The van der Waals surface area contributed by atoms with Gasteiger partial charge in [0.2, 0.25) is 9.84 Å². The van der Waals surface area contributed by atoms with E-state index in [4.69, 9.17) is 44.2 Å². The Balaban J connectivity index is 0.000000509. The highest BCUT2D eigenvalue weighted by molar-refractivity contribution is 8.01. The standard InChI is InChI=1S/C18H14Cl2N2O2S3.C2HF3O2/c1-25-18-16(9-15(26-18)17(21)22)27(23,24)12-4-2-3-10(7-12)13-8-11(19)5-6-14(13)20;3-2(4,5)1(6)7/h2-9H,1H3,(H3,21,22);(H,6,7). The highest BCUT2D eigenvalue weighted by Gasteiger charge is 2.38. The number of hydrogen-bond acceptors (Lipinski definition) is 6. The number of sulfone groups is 1. The molecule has 0 aliphatic heterocycles. The summed E-state index contributed by atoms with van der Waals surface area (Å²) in [4.78, 5) is 9.61. The van der Waals surface area contributed by atoms with E-state index in [9.17, 15) is 21.6 Å². The number of thiophene rings is 1. The number of carbonyl (C=O) groups is 1. The summed E-state index contributed by atoms with van der Waals surface area (Å²) in [7, 11) is -3.79. The Labute approximate surface area is 210 Å². The van der Waals surface area contributed by atoms with Crippen LogP contribution in [0.3, 0.4) is 0 Å². The number of nitrogens with one attached hydrogen (secondary N) is 1. The van der Waals surface area contributed by atoms with Gasteiger partial charge >= 0.3 is 12.1 Å². The Kier molecular flexibility index (Phi) is 9.05. The Hall–Kier alpha value is -2.25. The van der Waals surface area contributed by atoms with E-state index in [1.54, 1.807) is 42.7 Å². The van der Waals surface area contributed by atoms with Gasteiger partial charge in [-0.1, -0.05) is 35.3 Å². The molecule has 1 heterocycles. The van der Waals surface area contributed by atoms with Crippen LogP contribution in [-0.4, -0.2) is 37.8 Å². The summed E-state index contributed by atoms with van der Waals surface area (Å²) < 4.78 is 58.7. The van der Waals surface area contributed by atoms with Crippen molar-refractivity contribution in [2.45, 2.75) is 20.2 Å². The number of nitrogen functional groups attached to an aromatic ring is 1. The zero-order chi connectivity index (χ0) is 25.8. The Morgan fingerprint density at radius 2 is 1.76 bits per heavy atom. The summed E-state index contributed by atoms with van der Waals surface area (Å²) in [5, 5.41) is 15.7. The molecule has 34 heavy (non-hydrogen) atoms. The Morgan fingerprint density at radius 3 is 2.29 bits per heavy atom. The van der Waals surface area contributed by atoms with E-state index < -0.39 is 22.0 Å². The topological polar surface area (TPSA) is 121 Å². The molecule has 0 radical (unpaired) electrons. The highest BCUT2D eigenvalue weighted by atomic mass is 35.5. The van der Waals surface area contributed by atoms with E-state index in [0.717, 1.165) is 0 Å². The van der Waals surface area contributed by atoms with Gasteiger partial charge in [-0.05, 0) is 48.2 Å². The van der Waals surface area contributed by atoms with Gasteiger partial charge in [-0.3, -0.25) is 5.41 Å². The van der Waals surface area contributed by atoms with Crippen LogP contribution in [-0.2, 0) is 14.6 Å². The van der Waals surface area contributed by atoms with Crippen molar-refractivity contribution in [1.82, 2.24) is 0 Å². The van der Waals surface area contributed by atoms with E-state index in [2.05, 4.69) is 0 Å². The molecule has 0 aliphatic rings. The van der Waals surface area contributed by atoms with Gasteiger partial charge in [0.1, 0.15) is 5.84 Å². The lowest BCUT2D eigenvalue weighted by atomic mass is 10.1. The van der Waals surface area contributed by atoms with Crippen LogP contribution in [0, 0.1) is 5.41 Å². The molecule has 0 amide bonds. The zero-order valence-corrected chi connectivity index (χ0v) is 20.9. The predicted molar refractivity (Wildman–Crippen MR) is 128 cm³/mol. The predicted octanol–water partition coefficient (Wildman–Crippen LogP) is 6.19. The molecule has 2 aromatic carbocycles. The number of aliphatic carboxylic acids is 1. The number of rotatable bonds is 5. The fraction of sp³-hybridized carbons (Fsp3) is 0.100. The van der Waals surface area contributed by atoms with Gasteiger partial charge in [0.15, 0.2) is 0 Å². The fourth-order valence-corrected chi connectivity index (χ4v) is 6.80. The quantitative estimate of drug-likeness (QED) is 0.191. The van der Waals surface area contributed by atoms with Crippen LogP contribution in [0.2, 0.25) is 10.0 Å². The van der Waals surface area contributed by atoms with E-state index in [1.807, 2.05) is 0 Å². The molecular weight excluding hydrogens is 556 g/mol. The van der Waals surface area contributed by atoms with E-state index in [1.165, 1.54) is 35.2 Å². The molecule has 3 rings (SSSR count). The molecule has 0 unspecified atom stereocenters. The van der Waals surface area contributed by atoms with E-state index in [-0.39, 0.29) is 15.6 Å². The largest absolute Gasteiger partial charge is 0.490 e. The number of benzene rings is 2. The van der Waals surface area contributed by atoms with Crippen molar-refractivity contribution in [2.75, 3.05) is 6.26 Å². The van der Waals surface area contributed by atoms with Crippen molar-refractivity contribution in [2.24, 2.45) is 5.73 Å². The molecule has 1 aromatic heterocycles. The molecule has 14 heteroatoms. The van der Waals surface area contributed by atoms with E-state index >= 15 is 0 Å². The molecule has 0 fully saturated rings. The number of alkyl halides is 3. The minimum atomic E-state index is -5.08. The summed E-state index contributed by atoms with van der Waals surface area (Å²) in [5.74, 6) is -2.91. The van der Waals surface area contributed by atoms with Gasteiger partial charge in [-0.15, -0.1) is 23.1 Å². The molecule has 6 nitrogen and oxygen atoms in total. The van der Waals surface area contributed by atoms with Gasteiger partial charge in [-0.25, -0.2) is 13.2 Å². The highest BCUT2D eigenvalue weighted by Crippen LogP contribution is 2.38. The van der Waals surface area contributed by atoms with Crippen molar-refractivity contribution in [3.8, 4) is 11.1 Å². The van der Waals surface area contributed by atoms with Crippen LogP contribution < -0.4 is 5.73 Å². The molecule has 0 saturated heterocycles. The average Bonchev–Trinajstić information content (AvgIpc) is 3.21. The maximum atomic E-state index is 13.2. The normalized spacial score (nSPS) is 11.5. The first-order valence-electron chi connectivity index (χ1n) is 8.81. The fourth-order valence-electron chi connectivity index (χ4n) is 2.50. The smallest absolute Gasteiger partial charge is 0.475 e. The summed E-state index contributed by atoms with van der Waals surface area (Å²) >= 11 is 14.8. The number of halogens is 5. The third-order valence-corrected chi connectivity index (χ3v) is 8.93. The monoisotopic (exact) mass is 570 g/mol. The van der Waals surface area contributed by atoms with Crippen molar-refractivity contribution >= 4 is 67.9 Å². The number of thioether (sulfide) groups is 1. The van der Waals surface area contributed by atoms with Crippen molar-refractivity contribution in [3.63, 3.8) is 0 Å². The van der Waals surface area contributed by atoms with Crippen LogP contribution in [0.15, 0.2) is 62.5 Å².